The first-order valence-electron chi connectivity index (χ1n) is 14.3. The average molecular weight is 559 g/mol. The number of anilines is 1. The predicted octanol–water partition coefficient (Wildman–Crippen LogP) is 8.60. The average Bonchev–Trinajstić information content (AvgIpc) is 2.93. The molecule has 2 aromatic rings. The van der Waals surface area contributed by atoms with E-state index < -0.39 is 16.2 Å². The van der Waals surface area contributed by atoms with Gasteiger partial charge in [-0.05, 0) is 79.0 Å². The van der Waals surface area contributed by atoms with Gasteiger partial charge in [-0.25, -0.2) is 0 Å². The summed E-state index contributed by atoms with van der Waals surface area (Å²) in [7, 11) is 0. The molecule has 1 N–H and O–H groups in total. The minimum atomic E-state index is -0.559. The number of nitrogens with one attached hydrogen (secondary N) is 1. The molecule has 0 aliphatic heterocycles. The van der Waals surface area contributed by atoms with E-state index in [0.29, 0.717) is 22.4 Å². The number of amides is 1. The summed E-state index contributed by atoms with van der Waals surface area (Å²) in [6.45, 7) is 9.03. The first-order valence-corrected chi connectivity index (χ1v) is 15.1. The molecule has 0 aromatic heterocycles. The van der Waals surface area contributed by atoms with Crippen molar-refractivity contribution in [2.45, 2.75) is 71.1 Å². The molecular weight excluding hydrogens is 520 g/mol. The van der Waals surface area contributed by atoms with Crippen LogP contribution in [0, 0.1) is 38.7 Å². The maximum atomic E-state index is 14.2. The van der Waals surface area contributed by atoms with Crippen molar-refractivity contribution in [3.63, 3.8) is 0 Å². The molecule has 40 heavy (non-hydrogen) atoms. The summed E-state index contributed by atoms with van der Waals surface area (Å²) in [6.07, 6.45) is 10.8. The van der Waals surface area contributed by atoms with Gasteiger partial charge in [-0.1, -0.05) is 81.8 Å². The second kappa shape index (κ2) is 11.0. The number of non-ortho nitro benzene ring substituents is 1. The van der Waals surface area contributed by atoms with Crippen LogP contribution >= 0.6 is 11.8 Å². The smallest absolute Gasteiger partial charge is 0.270 e. The number of para-hydroxylation sites is 1. The van der Waals surface area contributed by atoms with Gasteiger partial charge in [0.1, 0.15) is 0 Å². The second-order valence-electron chi connectivity index (χ2n) is 12.4. The Kier molecular flexibility index (Phi) is 7.79. The monoisotopic (exact) mass is 558 g/mol. The Morgan fingerprint density at radius 3 is 2.55 bits per heavy atom. The zero-order valence-electron chi connectivity index (χ0n) is 23.7. The van der Waals surface area contributed by atoms with Gasteiger partial charge in [-0.3, -0.25) is 19.7 Å². The minimum Gasteiger partial charge on any atom is -0.322 e. The van der Waals surface area contributed by atoms with E-state index in [1.165, 1.54) is 23.3 Å². The van der Waals surface area contributed by atoms with E-state index in [1.54, 1.807) is 30.3 Å². The Morgan fingerprint density at radius 2 is 1.85 bits per heavy atom. The highest BCUT2D eigenvalue weighted by molar-refractivity contribution is 8.13. The summed E-state index contributed by atoms with van der Waals surface area (Å²) in [5.41, 5.74) is 3.00. The fourth-order valence-corrected chi connectivity index (χ4v) is 8.50. The van der Waals surface area contributed by atoms with Crippen LogP contribution in [0.15, 0.2) is 76.7 Å². The van der Waals surface area contributed by atoms with Gasteiger partial charge >= 0.3 is 0 Å². The van der Waals surface area contributed by atoms with Crippen LogP contribution in [0.25, 0.3) is 0 Å². The third-order valence-electron chi connectivity index (χ3n) is 9.70. The first kappa shape index (κ1) is 28.3. The molecule has 5 rings (SSSR count). The zero-order chi connectivity index (χ0) is 28.7. The Labute approximate surface area is 240 Å². The van der Waals surface area contributed by atoms with Crippen molar-refractivity contribution in [3.05, 3.63) is 87.5 Å². The lowest BCUT2D eigenvalue weighted by Crippen LogP contribution is -2.52. The Bertz CT molecular complexity index is 1400. The molecule has 0 unspecified atom stereocenters. The van der Waals surface area contributed by atoms with Crippen LogP contribution in [0.2, 0.25) is 0 Å². The van der Waals surface area contributed by atoms with Crippen LogP contribution in [0.3, 0.4) is 0 Å². The van der Waals surface area contributed by atoms with Gasteiger partial charge in [-0.2, -0.15) is 0 Å². The highest BCUT2D eigenvalue weighted by Crippen LogP contribution is 2.63. The SMILES string of the molecule is CC(C)C1=CC2=CC[C@@H]3[C@](C)(CCC[C@@]3(C)C(=O)Sc3ccc([N+](=O)[O-])cc3C(=O)Nc3ccccc3)[C@H]2CC1. The number of hydrogen-bond donors (Lipinski definition) is 1. The molecule has 2 aromatic carbocycles. The number of nitro groups is 1. The number of rotatable bonds is 6. The molecule has 0 saturated heterocycles. The quantitative estimate of drug-likeness (QED) is 0.218. The molecule has 3 aliphatic rings. The van der Waals surface area contributed by atoms with Gasteiger partial charge in [0, 0.05) is 28.1 Å². The molecule has 0 spiro atoms. The third kappa shape index (κ3) is 5.16. The van der Waals surface area contributed by atoms with E-state index in [1.807, 2.05) is 6.07 Å². The van der Waals surface area contributed by atoms with E-state index in [0.717, 1.165) is 50.3 Å². The number of thioether (sulfide) groups is 1. The summed E-state index contributed by atoms with van der Waals surface area (Å²) in [4.78, 5) is 38.9. The Hall–Kier alpha value is -3.19. The van der Waals surface area contributed by atoms with Gasteiger partial charge < -0.3 is 5.32 Å². The molecule has 0 bridgehead atoms. The maximum absolute atomic E-state index is 14.2. The minimum absolute atomic E-state index is 0.0370. The number of nitro benzene ring substituents is 1. The third-order valence-corrected chi connectivity index (χ3v) is 10.9. The van der Waals surface area contributed by atoms with Gasteiger partial charge in [0.25, 0.3) is 11.6 Å². The summed E-state index contributed by atoms with van der Waals surface area (Å²) in [5.74, 6) is 0.745. The molecular formula is C33H38N2O4S. The van der Waals surface area contributed by atoms with Crippen molar-refractivity contribution in [1.82, 2.24) is 0 Å². The lowest BCUT2D eigenvalue weighted by atomic mass is 9.47. The molecule has 3 aliphatic carbocycles. The molecule has 1 fully saturated rings. The maximum Gasteiger partial charge on any atom is 0.270 e. The van der Waals surface area contributed by atoms with E-state index in [-0.39, 0.29) is 27.7 Å². The van der Waals surface area contributed by atoms with Gasteiger partial charge in [0.05, 0.1) is 10.5 Å². The fraction of sp³-hybridized carbons (Fsp3) is 0.455. The molecule has 0 heterocycles. The van der Waals surface area contributed by atoms with Crippen LogP contribution in [0.4, 0.5) is 11.4 Å². The summed E-state index contributed by atoms with van der Waals surface area (Å²) >= 11 is 1.07. The lowest BCUT2D eigenvalue weighted by Gasteiger charge is -2.57. The predicted molar refractivity (Wildman–Crippen MR) is 160 cm³/mol. The largest absolute Gasteiger partial charge is 0.322 e. The van der Waals surface area contributed by atoms with Crippen LogP contribution < -0.4 is 5.32 Å². The summed E-state index contributed by atoms with van der Waals surface area (Å²) in [5, 5.41) is 14.4. The van der Waals surface area contributed by atoms with E-state index >= 15 is 0 Å². The van der Waals surface area contributed by atoms with Crippen molar-refractivity contribution < 1.29 is 14.5 Å². The number of hydrogen-bond acceptors (Lipinski definition) is 5. The van der Waals surface area contributed by atoms with Crippen LogP contribution in [0.5, 0.6) is 0 Å². The summed E-state index contributed by atoms with van der Waals surface area (Å²) < 4.78 is 0. The number of carbonyl (C=O) groups excluding carboxylic acids is 2. The van der Waals surface area contributed by atoms with Gasteiger partial charge in [0.15, 0.2) is 5.12 Å². The van der Waals surface area contributed by atoms with Crippen LogP contribution in [-0.4, -0.2) is 15.9 Å². The van der Waals surface area contributed by atoms with E-state index in [2.05, 4.69) is 45.2 Å². The van der Waals surface area contributed by atoms with Crippen molar-refractivity contribution in [2.24, 2.45) is 28.6 Å². The van der Waals surface area contributed by atoms with Crippen LogP contribution in [-0.2, 0) is 4.79 Å². The van der Waals surface area contributed by atoms with Crippen molar-refractivity contribution >= 4 is 34.2 Å². The molecule has 0 radical (unpaired) electrons. The molecule has 7 heteroatoms. The highest BCUT2D eigenvalue weighted by atomic mass is 32.2. The van der Waals surface area contributed by atoms with Crippen molar-refractivity contribution in [3.8, 4) is 0 Å². The first-order chi connectivity index (χ1) is 19.0. The fourth-order valence-electron chi connectivity index (χ4n) is 7.42. The number of allylic oxidation sites excluding steroid dienone is 4. The highest BCUT2D eigenvalue weighted by Gasteiger charge is 2.57. The van der Waals surface area contributed by atoms with E-state index in [9.17, 15) is 19.7 Å². The van der Waals surface area contributed by atoms with Crippen LogP contribution in [0.1, 0.15) is 76.6 Å². The second-order valence-corrected chi connectivity index (χ2v) is 13.4. The van der Waals surface area contributed by atoms with E-state index in [4.69, 9.17) is 0 Å². The number of benzene rings is 2. The zero-order valence-corrected chi connectivity index (χ0v) is 24.6. The standard InChI is InChI=1S/C33H38N2O4S/c1-21(2)22-11-14-27-23(19-22)12-16-29-32(27,3)17-8-18-33(29,4)31(37)40-28-15-13-25(35(38)39)20-26(28)30(36)34-24-9-6-5-7-10-24/h5-7,9-10,12-13,15,19-21,27,29H,8,11,14,16-18H2,1-4H3,(H,34,36)/t27-,29+,32+,33+/m0/s1. The Morgan fingerprint density at radius 1 is 1.10 bits per heavy atom. The van der Waals surface area contributed by atoms with Gasteiger partial charge in [0.2, 0.25) is 0 Å². The van der Waals surface area contributed by atoms with Crippen molar-refractivity contribution in [2.75, 3.05) is 5.32 Å². The normalized spacial score (nSPS) is 27.6. The van der Waals surface area contributed by atoms with Gasteiger partial charge in [-0.15, -0.1) is 0 Å². The lowest BCUT2D eigenvalue weighted by molar-refractivity contribution is -0.384. The van der Waals surface area contributed by atoms with Crippen molar-refractivity contribution in [1.29, 1.82) is 0 Å². The number of nitrogens with zero attached hydrogens (tertiary/aromatic N) is 1. The number of carbonyl (C=O) groups is 2. The molecule has 6 nitrogen and oxygen atoms in total. The Balaban J connectivity index is 1.44. The summed E-state index contributed by atoms with van der Waals surface area (Å²) in [6, 6.07) is 13.2. The topological polar surface area (TPSA) is 89.3 Å². The molecule has 1 amide bonds. The molecule has 1 saturated carbocycles. The molecule has 4 atom stereocenters. The number of fused-ring (bicyclic) bond motifs is 3. The molecule has 210 valence electrons.